The highest BCUT2D eigenvalue weighted by atomic mass is 16.8. The molecular weight excluding hydrogens is 564 g/mol. The molecule has 0 aromatic rings. The van der Waals surface area contributed by atoms with Gasteiger partial charge in [-0.3, -0.25) is 9.59 Å². The van der Waals surface area contributed by atoms with E-state index in [0.717, 1.165) is 19.9 Å². The maximum Gasteiger partial charge on any atom is 0.333 e. The number of rotatable bonds is 20. The van der Waals surface area contributed by atoms with Crippen molar-refractivity contribution in [1.82, 2.24) is 0 Å². The normalized spacial score (nSPS) is 13.0. The van der Waals surface area contributed by atoms with Crippen molar-refractivity contribution >= 4 is 41.8 Å². The average molecular weight is 597 g/mol. The predicted octanol–water partition coefficient (Wildman–Crippen LogP) is 1.24. The summed E-state index contributed by atoms with van der Waals surface area (Å²) in [7, 11) is 0. The van der Waals surface area contributed by atoms with Crippen LogP contribution < -0.4 is 0 Å². The van der Waals surface area contributed by atoms with E-state index in [0.29, 0.717) is 24.3 Å². The van der Waals surface area contributed by atoms with Gasteiger partial charge in [-0.05, 0) is 6.92 Å². The van der Waals surface area contributed by atoms with Gasteiger partial charge in [0.15, 0.2) is 6.61 Å². The summed E-state index contributed by atoms with van der Waals surface area (Å²) in [6, 6.07) is 0. The van der Waals surface area contributed by atoms with Gasteiger partial charge < -0.3 is 38.6 Å². The fourth-order valence-electron chi connectivity index (χ4n) is 3.18. The Kier molecular flexibility index (Phi) is 14.9. The second kappa shape index (κ2) is 16.9. The van der Waals surface area contributed by atoms with Crippen LogP contribution in [0.4, 0.5) is 0 Å². The minimum atomic E-state index is -2.70. The van der Waals surface area contributed by atoms with Crippen LogP contribution in [0.15, 0.2) is 63.3 Å². The summed E-state index contributed by atoms with van der Waals surface area (Å²) >= 11 is 0. The second-order valence-corrected chi connectivity index (χ2v) is 8.22. The lowest BCUT2D eigenvalue weighted by molar-refractivity contribution is -0.302. The van der Waals surface area contributed by atoms with Crippen LogP contribution in [-0.4, -0.2) is 82.9 Å². The van der Waals surface area contributed by atoms with Crippen molar-refractivity contribution in [2.24, 2.45) is 11.8 Å². The lowest BCUT2D eigenvalue weighted by atomic mass is 9.84. The van der Waals surface area contributed by atoms with Gasteiger partial charge >= 0.3 is 47.6 Å². The molecule has 0 heterocycles. The first-order valence-corrected chi connectivity index (χ1v) is 11.8. The molecule has 2 N–H and O–H groups in total. The van der Waals surface area contributed by atoms with Crippen molar-refractivity contribution in [3.63, 3.8) is 0 Å². The Morgan fingerprint density at radius 2 is 1.02 bits per heavy atom. The molecule has 0 rings (SSSR count). The van der Waals surface area contributed by atoms with Crippen LogP contribution in [0, 0.1) is 11.8 Å². The zero-order valence-corrected chi connectivity index (χ0v) is 23.0. The van der Waals surface area contributed by atoms with Gasteiger partial charge in [0.05, 0.1) is 12.3 Å². The van der Waals surface area contributed by atoms with E-state index in [9.17, 15) is 43.8 Å². The molecule has 0 saturated heterocycles. The molecule has 0 bridgehead atoms. The third-order valence-electron chi connectivity index (χ3n) is 5.51. The summed E-state index contributed by atoms with van der Waals surface area (Å²) in [5, 5.41) is 19.0. The molecular formula is C27H32O15. The summed E-state index contributed by atoms with van der Waals surface area (Å²) < 4.78 is 31.4. The minimum absolute atomic E-state index is 0.635. The van der Waals surface area contributed by atoms with Crippen LogP contribution in [0.2, 0.25) is 0 Å². The quantitative estimate of drug-likeness (QED) is 0.0875. The highest BCUT2D eigenvalue weighted by molar-refractivity contribution is 5.85. The van der Waals surface area contributed by atoms with Gasteiger partial charge in [0, 0.05) is 36.3 Å². The second-order valence-electron chi connectivity index (χ2n) is 8.22. The van der Waals surface area contributed by atoms with Crippen molar-refractivity contribution in [3.05, 3.63) is 63.3 Å². The monoisotopic (exact) mass is 596 g/mol. The predicted molar refractivity (Wildman–Crippen MR) is 140 cm³/mol. The van der Waals surface area contributed by atoms with E-state index < -0.39 is 90.9 Å². The number of carbonyl (C=O) groups excluding carboxylic acids is 5. The highest BCUT2D eigenvalue weighted by Crippen LogP contribution is 2.35. The van der Waals surface area contributed by atoms with Crippen molar-refractivity contribution in [1.29, 1.82) is 0 Å². The summed E-state index contributed by atoms with van der Waals surface area (Å²) in [6.07, 6.45) is 0.651. The summed E-state index contributed by atoms with van der Waals surface area (Å²) in [4.78, 5) is 84.3. The zero-order valence-electron chi connectivity index (χ0n) is 23.0. The van der Waals surface area contributed by atoms with Crippen molar-refractivity contribution in [3.8, 4) is 0 Å². The number of carboxylic acid groups (broad SMARTS) is 2. The molecule has 3 unspecified atom stereocenters. The van der Waals surface area contributed by atoms with Gasteiger partial charge in [-0.1, -0.05) is 39.8 Å². The van der Waals surface area contributed by atoms with E-state index in [2.05, 4.69) is 32.9 Å². The standard InChI is InChI=1S/C27H32O15/c1-8-20(30)38-15-27(41-23(33)11-4,42-24(34)12-5)17(7)37-14-26(39-21(31)9-2,40-22(32)10-3)16(6)18(25(35)36)13-19(28)29/h8-12,16-18H,1-5,13-15H2,6-7H3,(H,28,29)(H,35,36). The van der Waals surface area contributed by atoms with E-state index in [-0.39, 0.29) is 0 Å². The number of aliphatic carboxylic acids is 2. The van der Waals surface area contributed by atoms with Gasteiger partial charge in [-0.2, -0.15) is 0 Å². The Hall–Kier alpha value is -5.05. The Morgan fingerprint density at radius 1 is 0.643 bits per heavy atom. The molecule has 0 radical (unpaired) electrons. The Bertz CT molecular complexity index is 1070. The summed E-state index contributed by atoms with van der Waals surface area (Å²) in [5.41, 5.74) is 0. The smallest absolute Gasteiger partial charge is 0.333 e. The Morgan fingerprint density at radius 3 is 1.36 bits per heavy atom. The molecule has 0 saturated carbocycles. The van der Waals surface area contributed by atoms with Gasteiger partial charge in [0.1, 0.15) is 12.7 Å². The SMILES string of the molecule is C=CC(=O)OCC(OC(=O)C=C)(OC(=O)C=C)C(C)OCC(OC(=O)C=C)(OC(=O)C=C)C(C)C(CC(=O)O)C(=O)O. The molecule has 0 aliphatic carbocycles. The van der Waals surface area contributed by atoms with Crippen LogP contribution in [0.5, 0.6) is 0 Å². The third-order valence-corrected chi connectivity index (χ3v) is 5.51. The highest BCUT2D eigenvalue weighted by Gasteiger charge is 2.53. The lowest BCUT2D eigenvalue weighted by Crippen LogP contribution is -2.57. The molecule has 0 aliphatic heterocycles. The molecule has 15 heteroatoms. The van der Waals surface area contributed by atoms with E-state index in [1.54, 1.807) is 0 Å². The molecule has 230 valence electrons. The molecule has 0 aromatic heterocycles. The molecule has 0 amide bonds. The number of hydrogen-bond acceptors (Lipinski definition) is 13. The lowest BCUT2D eigenvalue weighted by Gasteiger charge is -2.41. The maximum atomic E-state index is 12.3. The van der Waals surface area contributed by atoms with Crippen molar-refractivity contribution < 1.29 is 72.2 Å². The summed E-state index contributed by atoms with van der Waals surface area (Å²) in [6.45, 7) is 16.2. The van der Waals surface area contributed by atoms with Crippen LogP contribution in [0.1, 0.15) is 20.3 Å². The number of carboxylic acids is 2. The van der Waals surface area contributed by atoms with Crippen LogP contribution in [0.25, 0.3) is 0 Å². The van der Waals surface area contributed by atoms with Gasteiger partial charge in [-0.25, -0.2) is 24.0 Å². The average Bonchev–Trinajstić information content (AvgIpc) is 2.95. The fraction of sp³-hybridized carbons (Fsp3) is 0.370. The van der Waals surface area contributed by atoms with E-state index in [1.807, 2.05) is 0 Å². The molecule has 0 fully saturated rings. The third kappa shape index (κ3) is 10.8. The van der Waals surface area contributed by atoms with Crippen molar-refractivity contribution in [2.75, 3.05) is 13.2 Å². The van der Waals surface area contributed by atoms with Crippen LogP contribution in [-0.2, 0) is 62.0 Å². The first kappa shape index (κ1) is 37.0. The topological polar surface area (TPSA) is 215 Å². The number of hydrogen-bond donors (Lipinski definition) is 2. The largest absolute Gasteiger partial charge is 0.481 e. The van der Waals surface area contributed by atoms with Gasteiger partial charge in [0.2, 0.25) is 0 Å². The number of esters is 5. The molecule has 0 aliphatic rings. The Balaban J connectivity index is 7.04. The minimum Gasteiger partial charge on any atom is -0.481 e. The molecule has 0 aromatic carbocycles. The zero-order chi connectivity index (χ0) is 32.7. The van der Waals surface area contributed by atoms with E-state index in [4.69, 9.17) is 28.4 Å². The number of ether oxygens (including phenoxy) is 6. The summed E-state index contributed by atoms with van der Waals surface area (Å²) in [5.74, 6) is -17.9. The van der Waals surface area contributed by atoms with Crippen LogP contribution in [0.3, 0.4) is 0 Å². The van der Waals surface area contributed by atoms with Crippen molar-refractivity contribution in [2.45, 2.75) is 37.9 Å². The molecule has 15 nitrogen and oxygen atoms in total. The van der Waals surface area contributed by atoms with Gasteiger partial charge in [0.25, 0.3) is 5.79 Å². The first-order valence-electron chi connectivity index (χ1n) is 11.8. The molecule has 42 heavy (non-hydrogen) atoms. The fourth-order valence-corrected chi connectivity index (χ4v) is 3.18. The maximum absolute atomic E-state index is 12.3. The molecule has 0 spiro atoms. The number of carbonyl (C=O) groups is 7. The van der Waals surface area contributed by atoms with Crippen LogP contribution >= 0.6 is 0 Å². The first-order chi connectivity index (χ1) is 19.6. The molecule has 3 atom stereocenters. The Labute approximate surface area is 240 Å². The van der Waals surface area contributed by atoms with E-state index >= 15 is 0 Å². The van der Waals surface area contributed by atoms with E-state index in [1.165, 1.54) is 0 Å². The van der Waals surface area contributed by atoms with Gasteiger partial charge in [-0.15, -0.1) is 0 Å².